The van der Waals surface area contributed by atoms with Crippen LogP contribution in [0, 0.1) is 13.8 Å². The summed E-state index contributed by atoms with van der Waals surface area (Å²) in [7, 11) is 0. The van der Waals surface area contributed by atoms with Crippen molar-refractivity contribution in [1.82, 2.24) is 9.55 Å². The topological polar surface area (TPSA) is 64.0 Å². The molecule has 2 heterocycles. The van der Waals surface area contributed by atoms with Gasteiger partial charge in [-0.2, -0.15) is 0 Å². The molecule has 4 rings (SSSR count). The highest BCUT2D eigenvalue weighted by Crippen LogP contribution is 2.30. The zero-order valence-corrected chi connectivity index (χ0v) is 17.3. The molecule has 0 aliphatic rings. The van der Waals surface area contributed by atoms with Crippen molar-refractivity contribution in [3.05, 3.63) is 82.4 Å². The fraction of sp³-hybridized carbons (Fsp3) is 0.174. The number of anilines is 1. The molecule has 0 fully saturated rings. The van der Waals surface area contributed by atoms with Crippen molar-refractivity contribution >= 4 is 33.1 Å². The van der Waals surface area contributed by atoms with Gasteiger partial charge in [0.05, 0.1) is 11.7 Å². The molecule has 1 N–H and O–H groups in total. The number of nitrogens with zero attached hydrogens (tertiary/aromatic N) is 2. The molecule has 0 unspecified atom stereocenters. The number of hydrogen-bond donors (Lipinski definition) is 1. The number of fused-ring (bicyclic) bond motifs is 1. The number of nitrogens with one attached hydrogen (secondary N) is 1. The minimum absolute atomic E-state index is 0.211. The molecule has 0 spiro atoms. The number of amides is 1. The van der Waals surface area contributed by atoms with Gasteiger partial charge in [-0.15, -0.1) is 11.3 Å². The summed E-state index contributed by atoms with van der Waals surface area (Å²) >= 11 is 1.47. The van der Waals surface area contributed by atoms with Crippen LogP contribution in [-0.2, 0) is 4.79 Å². The van der Waals surface area contributed by atoms with Crippen LogP contribution in [-0.4, -0.2) is 15.5 Å². The summed E-state index contributed by atoms with van der Waals surface area (Å²) in [6, 6.07) is 16.9. The zero-order valence-electron chi connectivity index (χ0n) is 16.5. The Balaban J connectivity index is 1.65. The number of hydrogen-bond acceptors (Lipinski definition) is 4. The van der Waals surface area contributed by atoms with Crippen molar-refractivity contribution in [3.63, 3.8) is 0 Å². The Morgan fingerprint density at radius 1 is 1.10 bits per heavy atom. The van der Waals surface area contributed by atoms with Gasteiger partial charge >= 0.3 is 0 Å². The van der Waals surface area contributed by atoms with E-state index in [2.05, 4.69) is 10.3 Å². The van der Waals surface area contributed by atoms with Crippen LogP contribution in [0.3, 0.4) is 0 Å². The van der Waals surface area contributed by atoms with Crippen molar-refractivity contribution in [3.8, 4) is 10.4 Å². The monoisotopic (exact) mass is 403 g/mol. The number of aromatic nitrogens is 2. The molecule has 6 heteroatoms. The highest BCUT2D eigenvalue weighted by atomic mass is 32.1. The molecule has 2 aromatic carbocycles. The van der Waals surface area contributed by atoms with Gasteiger partial charge in [-0.25, -0.2) is 4.98 Å². The fourth-order valence-electron chi connectivity index (χ4n) is 3.27. The molecule has 29 heavy (non-hydrogen) atoms. The summed E-state index contributed by atoms with van der Waals surface area (Å²) in [5, 5.41) is 3.45. The van der Waals surface area contributed by atoms with Gasteiger partial charge in [-0.05, 0) is 44.0 Å². The normalized spacial score (nSPS) is 12.1. The predicted molar refractivity (Wildman–Crippen MR) is 119 cm³/mol. The van der Waals surface area contributed by atoms with Crippen LogP contribution < -0.4 is 10.9 Å². The van der Waals surface area contributed by atoms with Gasteiger partial charge in [0.25, 0.3) is 5.56 Å². The number of benzene rings is 2. The maximum absolute atomic E-state index is 13.0. The van der Waals surface area contributed by atoms with Crippen molar-refractivity contribution in [1.29, 1.82) is 0 Å². The average Bonchev–Trinajstić information content (AvgIpc) is 3.16. The Labute approximate surface area is 172 Å². The fourth-order valence-corrected chi connectivity index (χ4v) is 4.27. The standard InChI is InChI=1S/C23H21N3O2S/c1-14-9-10-19(15(2)11-14)25-21(27)16(3)26-13-24-22-18(23(26)28)12-20(29-22)17-7-5-4-6-8-17/h4-13,16H,1-3H3,(H,25,27)/t16-/m1/s1. The highest BCUT2D eigenvalue weighted by Gasteiger charge is 2.19. The summed E-state index contributed by atoms with van der Waals surface area (Å²) < 4.78 is 1.39. The van der Waals surface area contributed by atoms with E-state index >= 15 is 0 Å². The molecule has 2 aromatic heterocycles. The predicted octanol–water partition coefficient (Wildman–Crippen LogP) is 4.94. The number of rotatable bonds is 4. The number of carbonyl (C=O) groups excluding carboxylic acids is 1. The molecular formula is C23H21N3O2S. The highest BCUT2D eigenvalue weighted by molar-refractivity contribution is 7.21. The van der Waals surface area contributed by atoms with Crippen molar-refractivity contribution in [2.75, 3.05) is 5.32 Å². The van der Waals surface area contributed by atoms with Gasteiger partial charge < -0.3 is 5.32 Å². The third kappa shape index (κ3) is 3.71. The number of aryl methyl sites for hydroxylation is 2. The quantitative estimate of drug-likeness (QED) is 0.525. The van der Waals surface area contributed by atoms with Gasteiger partial charge in [0.1, 0.15) is 10.9 Å². The molecule has 0 saturated carbocycles. The maximum Gasteiger partial charge on any atom is 0.262 e. The minimum Gasteiger partial charge on any atom is -0.324 e. The molecular weight excluding hydrogens is 382 g/mol. The van der Waals surface area contributed by atoms with Crippen molar-refractivity contribution in [2.24, 2.45) is 0 Å². The average molecular weight is 404 g/mol. The van der Waals surface area contributed by atoms with Crippen LogP contribution in [0.15, 0.2) is 65.7 Å². The number of thiophene rings is 1. The Kier molecular flexibility index (Phi) is 5.03. The summed E-state index contributed by atoms with van der Waals surface area (Å²) in [5.41, 5.74) is 3.69. The summed E-state index contributed by atoms with van der Waals surface area (Å²) in [4.78, 5) is 31.9. The van der Waals surface area contributed by atoms with Crippen molar-refractivity contribution < 1.29 is 4.79 Å². The SMILES string of the molecule is Cc1ccc(NC(=O)[C@@H](C)n2cnc3sc(-c4ccccc4)cc3c2=O)c(C)c1. The molecule has 1 atom stereocenters. The molecule has 0 saturated heterocycles. The first kappa shape index (κ1) is 19.1. The largest absolute Gasteiger partial charge is 0.324 e. The van der Waals surface area contributed by atoms with Crippen LogP contribution >= 0.6 is 11.3 Å². The third-order valence-electron chi connectivity index (χ3n) is 4.97. The second kappa shape index (κ2) is 7.64. The van der Waals surface area contributed by atoms with E-state index in [0.29, 0.717) is 10.2 Å². The van der Waals surface area contributed by atoms with E-state index in [-0.39, 0.29) is 11.5 Å². The Morgan fingerprint density at radius 3 is 2.59 bits per heavy atom. The summed E-state index contributed by atoms with van der Waals surface area (Å²) in [6.07, 6.45) is 1.46. The van der Waals surface area contributed by atoms with E-state index in [9.17, 15) is 9.59 Å². The van der Waals surface area contributed by atoms with Crippen LogP contribution in [0.2, 0.25) is 0 Å². The Morgan fingerprint density at radius 2 is 1.86 bits per heavy atom. The lowest BCUT2D eigenvalue weighted by Gasteiger charge is -2.16. The van der Waals surface area contributed by atoms with E-state index in [4.69, 9.17) is 0 Å². The first-order valence-electron chi connectivity index (χ1n) is 9.38. The van der Waals surface area contributed by atoms with E-state index in [1.807, 2.05) is 68.4 Å². The van der Waals surface area contributed by atoms with Gasteiger partial charge in [0.2, 0.25) is 5.91 Å². The molecule has 0 radical (unpaired) electrons. The molecule has 0 aliphatic carbocycles. The molecule has 0 bridgehead atoms. The molecule has 146 valence electrons. The van der Waals surface area contributed by atoms with Crippen LogP contribution in [0.25, 0.3) is 20.7 Å². The molecule has 4 aromatic rings. The lowest BCUT2D eigenvalue weighted by Crippen LogP contribution is -2.31. The second-order valence-corrected chi connectivity index (χ2v) is 8.17. The van der Waals surface area contributed by atoms with Gasteiger partial charge in [-0.3, -0.25) is 14.2 Å². The van der Waals surface area contributed by atoms with Gasteiger partial charge in [0.15, 0.2) is 0 Å². The van der Waals surface area contributed by atoms with Crippen LogP contribution in [0.1, 0.15) is 24.1 Å². The zero-order chi connectivity index (χ0) is 20.5. The number of carbonyl (C=O) groups is 1. The molecule has 1 amide bonds. The summed E-state index contributed by atoms with van der Waals surface area (Å²) in [6.45, 7) is 5.66. The Bertz CT molecular complexity index is 1260. The lowest BCUT2D eigenvalue weighted by molar-refractivity contribution is -0.118. The van der Waals surface area contributed by atoms with Crippen LogP contribution in [0.4, 0.5) is 5.69 Å². The van der Waals surface area contributed by atoms with E-state index in [1.165, 1.54) is 22.2 Å². The van der Waals surface area contributed by atoms with Crippen molar-refractivity contribution in [2.45, 2.75) is 26.8 Å². The van der Waals surface area contributed by atoms with E-state index in [1.54, 1.807) is 6.92 Å². The van der Waals surface area contributed by atoms with Gasteiger partial charge in [-0.1, -0.05) is 48.0 Å². The van der Waals surface area contributed by atoms with E-state index in [0.717, 1.165) is 27.3 Å². The van der Waals surface area contributed by atoms with E-state index < -0.39 is 6.04 Å². The molecule has 5 nitrogen and oxygen atoms in total. The first-order valence-corrected chi connectivity index (χ1v) is 10.2. The van der Waals surface area contributed by atoms with Crippen LogP contribution in [0.5, 0.6) is 0 Å². The second-order valence-electron chi connectivity index (χ2n) is 7.14. The van der Waals surface area contributed by atoms with Gasteiger partial charge in [0, 0.05) is 10.6 Å². The molecule has 0 aliphatic heterocycles. The third-order valence-corrected chi connectivity index (χ3v) is 6.06. The summed E-state index contributed by atoms with van der Waals surface area (Å²) in [5.74, 6) is -0.251. The smallest absolute Gasteiger partial charge is 0.262 e. The maximum atomic E-state index is 13.0. The lowest BCUT2D eigenvalue weighted by atomic mass is 10.1. The first-order chi connectivity index (χ1) is 13.9. The Hall–Kier alpha value is -3.25. The minimum atomic E-state index is -0.680.